The van der Waals surface area contributed by atoms with Crippen molar-refractivity contribution in [1.82, 2.24) is 0 Å². The fourth-order valence-corrected chi connectivity index (χ4v) is 4.13. The highest BCUT2D eigenvalue weighted by atomic mass is 32.1. The summed E-state index contributed by atoms with van der Waals surface area (Å²) in [6.07, 6.45) is 0. The van der Waals surface area contributed by atoms with Crippen molar-refractivity contribution in [2.45, 2.75) is 26.8 Å². The minimum atomic E-state index is -0.635. The quantitative estimate of drug-likeness (QED) is 0.856. The highest BCUT2D eigenvalue weighted by molar-refractivity contribution is 7.10. The summed E-state index contributed by atoms with van der Waals surface area (Å²) in [4.78, 5) is 28.0. The molecule has 0 fully saturated rings. The molecule has 0 radical (unpaired) electrons. The first-order valence-electron chi connectivity index (χ1n) is 8.35. The molecule has 136 valence electrons. The third-order valence-corrected chi connectivity index (χ3v) is 5.55. The van der Waals surface area contributed by atoms with Crippen LogP contribution in [0.2, 0.25) is 0 Å². The van der Waals surface area contributed by atoms with Crippen molar-refractivity contribution < 1.29 is 19.4 Å². The Kier molecular flexibility index (Phi) is 4.87. The lowest BCUT2D eigenvalue weighted by Gasteiger charge is -2.27. The van der Waals surface area contributed by atoms with Crippen molar-refractivity contribution in [1.29, 1.82) is 0 Å². The molecular weight excluding hydrogens is 350 g/mol. The van der Waals surface area contributed by atoms with Gasteiger partial charge < -0.3 is 9.84 Å². The molecule has 1 N–H and O–H groups in total. The lowest BCUT2D eigenvalue weighted by Crippen LogP contribution is -2.31. The van der Waals surface area contributed by atoms with E-state index >= 15 is 0 Å². The van der Waals surface area contributed by atoms with E-state index in [-0.39, 0.29) is 17.3 Å². The van der Waals surface area contributed by atoms with Crippen LogP contribution >= 0.6 is 11.3 Å². The van der Waals surface area contributed by atoms with Crippen molar-refractivity contribution in [3.8, 4) is 5.75 Å². The second kappa shape index (κ2) is 6.96. The molecule has 0 saturated carbocycles. The molecule has 1 unspecified atom stereocenters. The van der Waals surface area contributed by atoms with Crippen LogP contribution < -0.4 is 9.64 Å². The number of hydrogen-bond acceptors (Lipinski definition) is 5. The molecule has 26 heavy (non-hydrogen) atoms. The molecule has 2 heterocycles. The summed E-state index contributed by atoms with van der Waals surface area (Å²) in [7, 11) is 1.55. The van der Waals surface area contributed by atoms with E-state index < -0.39 is 17.7 Å². The Morgan fingerprint density at radius 2 is 2.04 bits per heavy atom. The summed E-state index contributed by atoms with van der Waals surface area (Å²) in [6.45, 7) is 5.46. The molecule has 0 spiro atoms. The molecule has 1 amide bonds. The molecule has 1 aliphatic rings. The molecule has 0 aliphatic carbocycles. The molecule has 1 atom stereocenters. The van der Waals surface area contributed by atoms with E-state index in [0.29, 0.717) is 11.4 Å². The number of rotatable bonds is 5. The first kappa shape index (κ1) is 18.2. The maximum Gasteiger partial charge on any atom is 0.294 e. The Morgan fingerprint density at radius 3 is 2.62 bits per heavy atom. The number of benzene rings is 1. The van der Waals surface area contributed by atoms with Gasteiger partial charge in [0.25, 0.3) is 5.91 Å². The van der Waals surface area contributed by atoms with E-state index in [4.69, 9.17) is 4.74 Å². The number of carbonyl (C=O) groups is 2. The standard InChI is InChI=1S/C20H21NO4S/c1-11(2)17(22)15-16(19-12(3)8-9-26-19)21(20(24)18(15)23)13-6-5-7-14(10-13)25-4/h5-11,16,23H,1-4H3. The SMILES string of the molecule is COc1cccc(N2C(=O)C(O)=C(C(=O)C(C)C)C2c2sccc2C)c1. The zero-order valence-electron chi connectivity index (χ0n) is 15.1. The normalized spacial score (nSPS) is 17.3. The van der Waals surface area contributed by atoms with Crippen LogP contribution in [0.5, 0.6) is 5.75 Å². The lowest BCUT2D eigenvalue weighted by atomic mass is 9.93. The van der Waals surface area contributed by atoms with Crippen molar-refractivity contribution in [2.24, 2.45) is 5.92 Å². The van der Waals surface area contributed by atoms with Gasteiger partial charge in [-0.15, -0.1) is 11.3 Å². The Bertz CT molecular complexity index is 897. The number of hydrogen-bond donors (Lipinski definition) is 1. The van der Waals surface area contributed by atoms with Gasteiger partial charge in [-0.2, -0.15) is 0 Å². The van der Waals surface area contributed by atoms with E-state index in [1.807, 2.05) is 18.4 Å². The average Bonchev–Trinajstić information content (AvgIpc) is 3.15. The number of carbonyl (C=O) groups excluding carboxylic acids is 2. The molecule has 3 rings (SSSR count). The summed E-state index contributed by atoms with van der Waals surface area (Å²) < 4.78 is 5.26. The summed E-state index contributed by atoms with van der Waals surface area (Å²) in [5.74, 6) is -0.989. The van der Waals surface area contributed by atoms with Crippen LogP contribution in [0.3, 0.4) is 0 Å². The van der Waals surface area contributed by atoms with Crippen molar-refractivity contribution in [2.75, 3.05) is 12.0 Å². The number of Topliss-reactive ketones (excluding diaryl/α,β-unsaturated/α-hetero) is 1. The number of aryl methyl sites for hydroxylation is 1. The molecule has 0 saturated heterocycles. The van der Waals surface area contributed by atoms with Gasteiger partial charge in [0, 0.05) is 22.5 Å². The van der Waals surface area contributed by atoms with E-state index in [1.54, 1.807) is 45.2 Å². The number of nitrogens with zero attached hydrogens (tertiary/aromatic N) is 1. The van der Waals surface area contributed by atoms with Crippen molar-refractivity contribution in [3.63, 3.8) is 0 Å². The Labute approximate surface area is 156 Å². The zero-order valence-corrected chi connectivity index (χ0v) is 16.0. The largest absolute Gasteiger partial charge is 0.503 e. The minimum Gasteiger partial charge on any atom is -0.503 e. The summed E-state index contributed by atoms with van der Waals surface area (Å²) in [6, 6.07) is 8.36. The monoisotopic (exact) mass is 371 g/mol. The van der Waals surface area contributed by atoms with Gasteiger partial charge in [-0.05, 0) is 36.1 Å². The minimum absolute atomic E-state index is 0.165. The molecule has 6 heteroatoms. The van der Waals surface area contributed by atoms with Crippen molar-refractivity contribution in [3.05, 3.63) is 57.5 Å². The van der Waals surface area contributed by atoms with Gasteiger partial charge >= 0.3 is 0 Å². The van der Waals surface area contributed by atoms with Gasteiger partial charge in [0.15, 0.2) is 11.5 Å². The molecule has 5 nitrogen and oxygen atoms in total. The first-order chi connectivity index (χ1) is 12.4. The van der Waals surface area contributed by atoms with Gasteiger partial charge in [0.2, 0.25) is 0 Å². The van der Waals surface area contributed by atoms with Gasteiger partial charge in [-0.25, -0.2) is 0 Å². The molecule has 1 aromatic heterocycles. The number of ether oxygens (including phenoxy) is 1. The molecule has 1 aliphatic heterocycles. The second-order valence-electron chi connectivity index (χ2n) is 6.53. The first-order valence-corrected chi connectivity index (χ1v) is 9.23. The number of methoxy groups -OCH3 is 1. The summed E-state index contributed by atoms with van der Waals surface area (Å²) >= 11 is 1.47. The highest BCUT2D eigenvalue weighted by Gasteiger charge is 2.45. The van der Waals surface area contributed by atoms with E-state index in [2.05, 4.69) is 0 Å². The highest BCUT2D eigenvalue weighted by Crippen LogP contribution is 2.44. The van der Waals surface area contributed by atoms with E-state index in [0.717, 1.165) is 10.4 Å². The van der Waals surface area contributed by atoms with Crippen LogP contribution in [-0.4, -0.2) is 23.9 Å². The van der Waals surface area contributed by atoms with E-state index in [9.17, 15) is 14.7 Å². The fourth-order valence-electron chi connectivity index (χ4n) is 3.11. The zero-order chi connectivity index (χ0) is 19.0. The number of aliphatic hydroxyl groups is 1. The maximum absolute atomic E-state index is 12.9. The fraction of sp³-hybridized carbons (Fsp3) is 0.300. The van der Waals surface area contributed by atoms with Crippen LogP contribution in [0.25, 0.3) is 0 Å². The third-order valence-electron chi connectivity index (χ3n) is 4.48. The van der Waals surface area contributed by atoms with Crippen LogP contribution in [0.15, 0.2) is 47.0 Å². The Hall–Kier alpha value is -2.60. The van der Waals surface area contributed by atoms with Crippen LogP contribution in [0.1, 0.15) is 30.3 Å². The molecule has 1 aromatic carbocycles. The number of aliphatic hydroxyl groups excluding tert-OH is 1. The molecule has 2 aromatic rings. The average molecular weight is 371 g/mol. The van der Waals surface area contributed by atoms with Crippen LogP contribution in [0.4, 0.5) is 5.69 Å². The van der Waals surface area contributed by atoms with Gasteiger partial charge in [0.05, 0.1) is 12.7 Å². The molecular formula is C20H21NO4S. The van der Waals surface area contributed by atoms with Crippen molar-refractivity contribution >= 4 is 28.7 Å². The summed E-state index contributed by atoms with van der Waals surface area (Å²) in [5, 5.41) is 12.5. The Morgan fingerprint density at radius 1 is 1.31 bits per heavy atom. The predicted octanol–water partition coefficient (Wildman–Crippen LogP) is 4.19. The Balaban J connectivity index is 2.19. The van der Waals surface area contributed by atoms with Crippen LogP contribution in [-0.2, 0) is 9.59 Å². The van der Waals surface area contributed by atoms with E-state index in [1.165, 1.54) is 16.2 Å². The second-order valence-corrected chi connectivity index (χ2v) is 7.48. The number of thiophene rings is 1. The number of amides is 1. The smallest absolute Gasteiger partial charge is 0.294 e. The third kappa shape index (κ3) is 2.90. The van der Waals surface area contributed by atoms with Gasteiger partial charge in [-0.1, -0.05) is 19.9 Å². The lowest BCUT2D eigenvalue weighted by molar-refractivity contribution is -0.119. The predicted molar refractivity (Wildman–Crippen MR) is 102 cm³/mol. The van der Waals surface area contributed by atoms with Gasteiger partial charge in [0.1, 0.15) is 11.8 Å². The number of ketones is 1. The summed E-state index contributed by atoms with van der Waals surface area (Å²) in [5.41, 5.74) is 1.72. The topological polar surface area (TPSA) is 66.8 Å². The van der Waals surface area contributed by atoms with Crippen LogP contribution in [0, 0.1) is 12.8 Å². The maximum atomic E-state index is 12.9. The molecule has 0 bridgehead atoms. The number of anilines is 1. The van der Waals surface area contributed by atoms with Gasteiger partial charge in [-0.3, -0.25) is 14.5 Å².